The highest BCUT2D eigenvalue weighted by atomic mass is 32.2. The van der Waals surface area contributed by atoms with Gasteiger partial charge in [-0.05, 0) is 36.5 Å². The van der Waals surface area contributed by atoms with Crippen LogP contribution in [0.4, 0.5) is 0 Å². The molecule has 1 saturated carbocycles. The number of nitrogens with one attached hydrogen (secondary N) is 2. The van der Waals surface area contributed by atoms with Gasteiger partial charge in [-0.2, -0.15) is 0 Å². The van der Waals surface area contributed by atoms with Crippen LogP contribution in [-0.4, -0.2) is 52.6 Å². The van der Waals surface area contributed by atoms with Crippen molar-refractivity contribution in [1.82, 2.24) is 14.9 Å². The Morgan fingerprint density at radius 3 is 2.38 bits per heavy atom. The lowest BCUT2D eigenvalue weighted by atomic mass is 9.84. The first-order valence-corrected chi connectivity index (χ1v) is 10.7. The quantitative estimate of drug-likeness (QED) is 0.822. The molecule has 0 amide bonds. The summed E-state index contributed by atoms with van der Waals surface area (Å²) in [6.45, 7) is 5.16. The number of nitrogens with zero attached hydrogens (tertiary/aromatic N) is 1. The van der Waals surface area contributed by atoms with Crippen LogP contribution in [-0.2, 0) is 10.0 Å². The van der Waals surface area contributed by atoms with Gasteiger partial charge in [-0.3, -0.25) is 4.90 Å². The van der Waals surface area contributed by atoms with E-state index in [1.807, 2.05) is 12.1 Å². The third kappa shape index (κ3) is 4.79. The average Bonchev–Trinajstić information content (AvgIpc) is 2.63. The van der Waals surface area contributed by atoms with Crippen LogP contribution in [0.2, 0.25) is 0 Å². The van der Waals surface area contributed by atoms with Crippen molar-refractivity contribution in [2.75, 3.05) is 39.3 Å². The van der Waals surface area contributed by atoms with Crippen LogP contribution >= 0.6 is 0 Å². The highest BCUT2D eigenvalue weighted by Gasteiger charge is 2.18. The second-order valence-corrected chi connectivity index (χ2v) is 8.66. The Bertz CT molecular complexity index is 604. The topological polar surface area (TPSA) is 61.4 Å². The van der Waals surface area contributed by atoms with Crippen molar-refractivity contribution >= 4 is 10.0 Å². The van der Waals surface area contributed by atoms with E-state index in [0.29, 0.717) is 17.4 Å². The van der Waals surface area contributed by atoms with E-state index >= 15 is 0 Å². The first-order valence-electron chi connectivity index (χ1n) is 9.18. The summed E-state index contributed by atoms with van der Waals surface area (Å²) < 4.78 is 27.6. The average molecular weight is 352 g/mol. The molecule has 1 aromatic carbocycles. The zero-order valence-corrected chi connectivity index (χ0v) is 15.2. The van der Waals surface area contributed by atoms with Gasteiger partial charge in [0.25, 0.3) is 0 Å². The molecule has 1 aliphatic heterocycles. The maximum absolute atomic E-state index is 12.4. The molecular weight excluding hydrogens is 322 g/mol. The lowest BCUT2D eigenvalue weighted by molar-refractivity contribution is 0.245. The van der Waals surface area contributed by atoms with Crippen molar-refractivity contribution in [2.45, 2.75) is 42.9 Å². The number of benzene rings is 1. The summed E-state index contributed by atoms with van der Waals surface area (Å²) in [5.41, 5.74) is 1.29. The van der Waals surface area contributed by atoms with Gasteiger partial charge < -0.3 is 5.32 Å². The number of sulfonamides is 1. The van der Waals surface area contributed by atoms with Crippen molar-refractivity contribution in [3.05, 3.63) is 29.8 Å². The fraction of sp³-hybridized carbons (Fsp3) is 0.667. The lowest BCUT2D eigenvalue weighted by Crippen LogP contribution is -2.46. The smallest absolute Gasteiger partial charge is 0.240 e. The van der Waals surface area contributed by atoms with Crippen molar-refractivity contribution < 1.29 is 8.42 Å². The van der Waals surface area contributed by atoms with E-state index in [1.165, 1.54) is 37.7 Å². The first kappa shape index (κ1) is 17.9. The summed E-state index contributed by atoms with van der Waals surface area (Å²) in [5, 5.41) is 3.30. The van der Waals surface area contributed by atoms with E-state index < -0.39 is 10.0 Å². The van der Waals surface area contributed by atoms with Gasteiger partial charge in [0.2, 0.25) is 10.0 Å². The van der Waals surface area contributed by atoms with E-state index in [4.69, 9.17) is 0 Å². The Morgan fingerprint density at radius 1 is 1.04 bits per heavy atom. The van der Waals surface area contributed by atoms with Crippen LogP contribution < -0.4 is 10.0 Å². The second-order valence-electron chi connectivity index (χ2n) is 6.89. The maximum Gasteiger partial charge on any atom is 0.240 e. The lowest BCUT2D eigenvalue weighted by Gasteiger charge is -2.27. The summed E-state index contributed by atoms with van der Waals surface area (Å²) in [6, 6.07) is 7.52. The van der Waals surface area contributed by atoms with Crippen molar-refractivity contribution in [3.63, 3.8) is 0 Å². The molecule has 1 saturated heterocycles. The molecule has 0 aromatic heterocycles. The van der Waals surface area contributed by atoms with Crippen LogP contribution in [0.5, 0.6) is 0 Å². The maximum atomic E-state index is 12.4. The fourth-order valence-electron chi connectivity index (χ4n) is 3.71. The van der Waals surface area contributed by atoms with E-state index in [9.17, 15) is 8.42 Å². The van der Waals surface area contributed by atoms with E-state index in [-0.39, 0.29) is 0 Å². The molecule has 0 atom stereocenters. The molecule has 2 N–H and O–H groups in total. The minimum Gasteiger partial charge on any atom is -0.314 e. The molecule has 134 valence electrons. The van der Waals surface area contributed by atoms with Gasteiger partial charge in [0.15, 0.2) is 0 Å². The third-order valence-corrected chi connectivity index (χ3v) is 6.67. The zero-order valence-electron chi connectivity index (χ0n) is 14.3. The molecule has 24 heavy (non-hydrogen) atoms. The summed E-state index contributed by atoms with van der Waals surface area (Å²) in [7, 11) is -3.40. The molecule has 0 unspecified atom stereocenters. The van der Waals surface area contributed by atoms with Gasteiger partial charge >= 0.3 is 0 Å². The van der Waals surface area contributed by atoms with Gasteiger partial charge in [0, 0.05) is 39.3 Å². The summed E-state index contributed by atoms with van der Waals surface area (Å²) >= 11 is 0. The Balaban J connectivity index is 1.53. The van der Waals surface area contributed by atoms with Gasteiger partial charge in [0.1, 0.15) is 0 Å². The highest BCUT2D eigenvalue weighted by Crippen LogP contribution is 2.32. The minimum absolute atomic E-state index is 0.377. The Morgan fingerprint density at radius 2 is 1.71 bits per heavy atom. The molecule has 2 fully saturated rings. The summed E-state index contributed by atoms with van der Waals surface area (Å²) in [6.07, 6.45) is 6.38. The molecule has 1 aliphatic carbocycles. The van der Waals surface area contributed by atoms with Crippen molar-refractivity contribution in [1.29, 1.82) is 0 Å². The standard InChI is InChI=1S/C18H29N3O2S/c22-24(23,20-12-15-21-13-10-19-11-14-21)18-8-6-17(7-9-18)16-4-2-1-3-5-16/h6-9,16,19-20H,1-5,10-15H2. The number of hydrogen-bond acceptors (Lipinski definition) is 4. The number of piperazine rings is 1. The molecule has 6 heteroatoms. The molecule has 5 nitrogen and oxygen atoms in total. The van der Waals surface area contributed by atoms with Crippen LogP contribution in [0.25, 0.3) is 0 Å². The minimum atomic E-state index is -3.40. The largest absolute Gasteiger partial charge is 0.314 e. The molecule has 2 aliphatic rings. The number of rotatable bonds is 6. The first-order chi connectivity index (χ1) is 11.6. The molecular formula is C18H29N3O2S. The Hall–Kier alpha value is -0.950. The van der Waals surface area contributed by atoms with Gasteiger partial charge in [-0.25, -0.2) is 13.1 Å². The molecule has 0 bridgehead atoms. The van der Waals surface area contributed by atoms with Crippen LogP contribution in [0, 0.1) is 0 Å². The Labute approximate surface area is 145 Å². The van der Waals surface area contributed by atoms with E-state index in [0.717, 1.165) is 32.7 Å². The van der Waals surface area contributed by atoms with Gasteiger partial charge in [-0.15, -0.1) is 0 Å². The highest BCUT2D eigenvalue weighted by molar-refractivity contribution is 7.89. The predicted octanol–water partition coefficient (Wildman–Crippen LogP) is 1.92. The van der Waals surface area contributed by atoms with Crippen molar-refractivity contribution in [2.24, 2.45) is 0 Å². The summed E-state index contributed by atoms with van der Waals surface area (Å²) in [5.74, 6) is 0.608. The zero-order chi connectivity index (χ0) is 16.8. The van der Waals surface area contributed by atoms with E-state index in [2.05, 4.69) is 14.9 Å². The van der Waals surface area contributed by atoms with Gasteiger partial charge in [0.05, 0.1) is 4.90 Å². The summed E-state index contributed by atoms with van der Waals surface area (Å²) in [4.78, 5) is 2.66. The van der Waals surface area contributed by atoms with E-state index in [1.54, 1.807) is 12.1 Å². The van der Waals surface area contributed by atoms with Crippen LogP contribution in [0.1, 0.15) is 43.6 Å². The Kier molecular flexibility index (Phi) is 6.27. The molecule has 1 aromatic rings. The molecule has 1 heterocycles. The van der Waals surface area contributed by atoms with Gasteiger partial charge in [-0.1, -0.05) is 31.4 Å². The third-order valence-electron chi connectivity index (χ3n) is 5.20. The SMILES string of the molecule is O=S(=O)(NCCN1CCNCC1)c1ccc(C2CCCCC2)cc1. The number of hydrogen-bond donors (Lipinski definition) is 2. The molecule has 0 spiro atoms. The monoisotopic (exact) mass is 351 g/mol. The normalized spacial score (nSPS) is 21.0. The van der Waals surface area contributed by atoms with Crippen LogP contribution in [0.15, 0.2) is 29.2 Å². The van der Waals surface area contributed by atoms with Crippen LogP contribution in [0.3, 0.4) is 0 Å². The molecule has 0 radical (unpaired) electrons. The second kappa shape index (κ2) is 8.43. The molecule has 3 rings (SSSR count). The van der Waals surface area contributed by atoms with Crippen molar-refractivity contribution in [3.8, 4) is 0 Å². The fourth-order valence-corrected chi connectivity index (χ4v) is 4.73. The predicted molar refractivity (Wildman–Crippen MR) is 96.8 cm³/mol.